The number of nitrogens with zero attached hydrogens (tertiary/aromatic N) is 3. The van der Waals surface area contributed by atoms with Crippen molar-refractivity contribution in [3.63, 3.8) is 0 Å². The van der Waals surface area contributed by atoms with E-state index in [1.165, 1.54) is 24.2 Å². The average Bonchev–Trinajstić information content (AvgIpc) is 2.89. The van der Waals surface area contributed by atoms with Crippen LogP contribution in [0.1, 0.15) is 12.8 Å². The standard InChI is InChI=1S/C11H16N4O6/c1-21-8(4-11(17)18)5-12-10(16)2-3-14-6-9(13-7-14)15(19)20/h6-8H,2-5H2,1H3,(H,12,16)(H,17,18). The first-order chi connectivity index (χ1) is 9.92. The third-order valence-corrected chi connectivity index (χ3v) is 2.67. The summed E-state index contributed by atoms with van der Waals surface area (Å²) in [5.41, 5.74) is 0. The van der Waals surface area contributed by atoms with Crippen LogP contribution in [-0.4, -0.2) is 51.2 Å². The number of carbonyl (C=O) groups is 2. The fraction of sp³-hybridized carbons (Fsp3) is 0.545. The van der Waals surface area contributed by atoms with Gasteiger partial charge >= 0.3 is 11.8 Å². The van der Waals surface area contributed by atoms with Gasteiger partial charge in [-0.3, -0.25) is 9.59 Å². The van der Waals surface area contributed by atoms with Gasteiger partial charge in [0.2, 0.25) is 12.2 Å². The predicted octanol–water partition coefficient (Wildman–Crippen LogP) is -0.213. The molecule has 1 aromatic heterocycles. The zero-order chi connectivity index (χ0) is 15.8. The molecule has 1 heterocycles. The van der Waals surface area contributed by atoms with Crippen molar-refractivity contribution >= 4 is 17.7 Å². The highest BCUT2D eigenvalue weighted by Crippen LogP contribution is 2.06. The summed E-state index contributed by atoms with van der Waals surface area (Å²) in [4.78, 5) is 35.5. The van der Waals surface area contributed by atoms with E-state index in [1.807, 2.05) is 0 Å². The lowest BCUT2D eigenvalue weighted by Gasteiger charge is -2.13. The minimum Gasteiger partial charge on any atom is -0.481 e. The Morgan fingerprint density at radius 2 is 2.33 bits per heavy atom. The summed E-state index contributed by atoms with van der Waals surface area (Å²) in [6, 6.07) is 0. The van der Waals surface area contributed by atoms with E-state index >= 15 is 0 Å². The number of aromatic nitrogens is 2. The van der Waals surface area contributed by atoms with E-state index in [4.69, 9.17) is 9.84 Å². The van der Waals surface area contributed by atoms with Crippen molar-refractivity contribution in [2.24, 2.45) is 0 Å². The second-order valence-electron chi connectivity index (χ2n) is 4.24. The molecule has 1 aromatic rings. The molecule has 0 aliphatic rings. The molecule has 1 atom stereocenters. The molecular weight excluding hydrogens is 284 g/mol. The van der Waals surface area contributed by atoms with Gasteiger partial charge in [0.1, 0.15) is 6.20 Å². The van der Waals surface area contributed by atoms with Crippen molar-refractivity contribution in [2.75, 3.05) is 13.7 Å². The maximum Gasteiger partial charge on any atom is 0.381 e. The monoisotopic (exact) mass is 300 g/mol. The molecule has 1 rings (SSSR count). The zero-order valence-electron chi connectivity index (χ0n) is 11.4. The third kappa shape index (κ3) is 5.99. The highest BCUT2D eigenvalue weighted by atomic mass is 16.6. The van der Waals surface area contributed by atoms with E-state index in [9.17, 15) is 19.7 Å². The molecule has 0 aromatic carbocycles. The van der Waals surface area contributed by atoms with Gasteiger partial charge in [0.25, 0.3) is 0 Å². The van der Waals surface area contributed by atoms with Gasteiger partial charge in [0.05, 0.1) is 12.5 Å². The summed E-state index contributed by atoms with van der Waals surface area (Å²) in [5, 5.41) is 21.6. The number of rotatable bonds is 9. The number of nitro groups is 1. The summed E-state index contributed by atoms with van der Waals surface area (Å²) in [7, 11) is 1.37. The van der Waals surface area contributed by atoms with Crippen LogP contribution < -0.4 is 5.32 Å². The SMILES string of the molecule is COC(CNC(=O)CCn1cnc([N+](=O)[O-])c1)CC(=O)O. The minimum absolute atomic E-state index is 0.0890. The van der Waals surface area contributed by atoms with Crippen LogP contribution in [0.4, 0.5) is 5.82 Å². The Hall–Kier alpha value is -2.49. The number of carbonyl (C=O) groups excluding carboxylic acids is 1. The predicted molar refractivity (Wildman–Crippen MR) is 69.6 cm³/mol. The van der Waals surface area contributed by atoms with Gasteiger partial charge in [0, 0.05) is 26.6 Å². The van der Waals surface area contributed by atoms with Gasteiger partial charge in [-0.25, -0.2) is 0 Å². The molecule has 0 bridgehead atoms. The minimum atomic E-state index is -1.01. The number of aryl methyl sites for hydroxylation is 1. The number of ether oxygens (including phenoxy) is 1. The van der Waals surface area contributed by atoms with Crippen LogP contribution in [0.3, 0.4) is 0 Å². The van der Waals surface area contributed by atoms with Crippen LogP contribution in [0, 0.1) is 10.1 Å². The van der Waals surface area contributed by atoms with Crippen LogP contribution in [0.2, 0.25) is 0 Å². The maximum atomic E-state index is 11.6. The Morgan fingerprint density at radius 1 is 1.62 bits per heavy atom. The molecule has 10 nitrogen and oxygen atoms in total. The highest BCUT2D eigenvalue weighted by molar-refractivity contribution is 5.76. The number of amides is 1. The number of methoxy groups -OCH3 is 1. The first-order valence-electron chi connectivity index (χ1n) is 6.09. The van der Waals surface area contributed by atoms with E-state index in [0.29, 0.717) is 0 Å². The second kappa shape index (κ2) is 7.94. The second-order valence-corrected chi connectivity index (χ2v) is 4.24. The normalized spacial score (nSPS) is 11.9. The fourth-order valence-electron chi connectivity index (χ4n) is 1.55. The molecule has 10 heteroatoms. The molecule has 0 saturated heterocycles. The molecule has 0 aliphatic carbocycles. The van der Waals surface area contributed by atoms with Gasteiger partial charge in [-0.1, -0.05) is 0 Å². The van der Waals surface area contributed by atoms with E-state index < -0.39 is 17.0 Å². The van der Waals surface area contributed by atoms with Crippen molar-refractivity contribution in [1.82, 2.24) is 14.9 Å². The highest BCUT2D eigenvalue weighted by Gasteiger charge is 2.14. The van der Waals surface area contributed by atoms with Gasteiger partial charge in [-0.15, -0.1) is 0 Å². The maximum absolute atomic E-state index is 11.6. The molecule has 0 saturated carbocycles. The number of imidazole rings is 1. The molecule has 116 valence electrons. The van der Waals surface area contributed by atoms with Crippen molar-refractivity contribution in [3.05, 3.63) is 22.6 Å². The van der Waals surface area contributed by atoms with Gasteiger partial charge in [-0.05, 0) is 9.91 Å². The number of nitrogens with one attached hydrogen (secondary N) is 1. The Bertz CT molecular complexity index is 515. The van der Waals surface area contributed by atoms with E-state index in [-0.39, 0.29) is 37.7 Å². The molecule has 0 radical (unpaired) electrons. The summed E-state index contributed by atoms with van der Waals surface area (Å²) in [6.45, 7) is 0.328. The van der Waals surface area contributed by atoms with E-state index in [2.05, 4.69) is 10.3 Å². The molecule has 21 heavy (non-hydrogen) atoms. The number of hydrogen-bond acceptors (Lipinski definition) is 6. The summed E-state index contributed by atoms with van der Waals surface area (Å²) in [6.07, 6.45) is 1.80. The van der Waals surface area contributed by atoms with E-state index in [1.54, 1.807) is 0 Å². The lowest BCUT2D eigenvalue weighted by atomic mass is 10.2. The van der Waals surface area contributed by atoms with Crippen LogP contribution in [0.5, 0.6) is 0 Å². The molecule has 1 unspecified atom stereocenters. The largest absolute Gasteiger partial charge is 0.481 e. The first kappa shape index (κ1) is 16.6. The number of aliphatic carboxylic acids is 1. The Kier molecular flexibility index (Phi) is 6.27. The Labute approximate surface area is 119 Å². The topological polar surface area (TPSA) is 137 Å². The molecule has 0 spiro atoms. The number of hydrogen-bond donors (Lipinski definition) is 2. The quantitative estimate of drug-likeness (QED) is 0.475. The van der Waals surface area contributed by atoms with Crippen LogP contribution >= 0.6 is 0 Å². The molecule has 1 amide bonds. The Morgan fingerprint density at radius 3 is 2.86 bits per heavy atom. The third-order valence-electron chi connectivity index (χ3n) is 2.67. The first-order valence-corrected chi connectivity index (χ1v) is 6.09. The van der Waals surface area contributed by atoms with Crippen LogP contribution in [-0.2, 0) is 20.9 Å². The van der Waals surface area contributed by atoms with Crippen LogP contribution in [0.15, 0.2) is 12.5 Å². The lowest BCUT2D eigenvalue weighted by molar-refractivity contribution is -0.389. The smallest absolute Gasteiger partial charge is 0.381 e. The zero-order valence-corrected chi connectivity index (χ0v) is 11.4. The summed E-state index contributed by atoms with van der Waals surface area (Å²) >= 11 is 0. The van der Waals surface area contributed by atoms with Gasteiger partial charge < -0.3 is 29.8 Å². The molecular formula is C11H16N4O6. The lowest BCUT2D eigenvalue weighted by Crippen LogP contribution is -2.34. The molecule has 0 aliphatic heterocycles. The molecule has 2 N–H and O–H groups in total. The summed E-state index contributed by atoms with van der Waals surface area (Å²) in [5.74, 6) is -1.60. The van der Waals surface area contributed by atoms with Crippen molar-refractivity contribution in [1.29, 1.82) is 0 Å². The summed E-state index contributed by atoms with van der Waals surface area (Å²) < 4.78 is 6.35. The van der Waals surface area contributed by atoms with Crippen molar-refractivity contribution in [3.8, 4) is 0 Å². The van der Waals surface area contributed by atoms with Crippen molar-refractivity contribution < 1.29 is 24.4 Å². The number of carboxylic acids is 1. The van der Waals surface area contributed by atoms with Crippen molar-refractivity contribution in [2.45, 2.75) is 25.5 Å². The van der Waals surface area contributed by atoms with Gasteiger partial charge in [0.15, 0.2) is 0 Å². The van der Waals surface area contributed by atoms with Gasteiger partial charge in [-0.2, -0.15) is 0 Å². The van der Waals surface area contributed by atoms with Crippen LogP contribution in [0.25, 0.3) is 0 Å². The fourth-order valence-corrected chi connectivity index (χ4v) is 1.55. The average molecular weight is 300 g/mol. The van der Waals surface area contributed by atoms with E-state index in [0.717, 1.165) is 0 Å². The number of carboxylic acid groups (broad SMARTS) is 1. The Balaban J connectivity index is 2.33. The molecule has 0 fully saturated rings.